The van der Waals surface area contributed by atoms with Crippen molar-refractivity contribution >= 4 is 23.7 Å². The van der Waals surface area contributed by atoms with Crippen molar-refractivity contribution in [2.75, 3.05) is 0 Å². The third-order valence-electron chi connectivity index (χ3n) is 1.61. The topological polar surface area (TPSA) is 80.1 Å². The highest BCUT2D eigenvalue weighted by atomic mass is 16.3. The monoisotopic (exact) mass is 204 g/mol. The minimum absolute atomic E-state index is 0.230. The molecule has 0 aliphatic carbocycles. The zero-order valence-corrected chi connectivity index (χ0v) is 7.70. The third-order valence-corrected chi connectivity index (χ3v) is 1.61. The Bertz CT molecular complexity index is 471. The van der Waals surface area contributed by atoms with Crippen LogP contribution in [0.25, 0.3) is 10.9 Å². The van der Waals surface area contributed by atoms with E-state index < -0.39 is 0 Å². The first-order chi connectivity index (χ1) is 7.31. The van der Waals surface area contributed by atoms with Gasteiger partial charge in [-0.3, -0.25) is 9.59 Å². The van der Waals surface area contributed by atoms with E-state index in [4.69, 9.17) is 9.90 Å². The smallest absolute Gasteiger partial charge is 0.290 e. The summed E-state index contributed by atoms with van der Waals surface area (Å²) in [7, 11) is 0. The number of aromatic nitrogens is 2. The number of para-hydroxylation sites is 1. The summed E-state index contributed by atoms with van der Waals surface area (Å²) >= 11 is 0. The quantitative estimate of drug-likeness (QED) is 0.704. The predicted molar refractivity (Wildman–Crippen MR) is 53.6 cm³/mol. The molecule has 76 valence electrons. The molecule has 0 radical (unpaired) electrons. The standard InChI is InChI=1S/C9H6N2O.CH2O2/c12-6-9-10-5-7-3-1-2-4-8(7)11-9;2-1-3/h1-6H;1H,(H,2,3). The van der Waals surface area contributed by atoms with Crippen molar-refractivity contribution in [1.29, 1.82) is 0 Å². The van der Waals surface area contributed by atoms with E-state index in [1.165, 1.54) is 0 Å². The molecule has 0 aliphatic heterocycles. The predicted octanol–water partition coefficient (Wildman–Crippen LogP) is 1.14. The van der Waals surface area contributed by atoms with Gasteiger partial charge in [-0.15, -0.1) is 0 Å². The number of hydrogen-bond donors (Lipinski definition) is 1. The number of aldehydes is 1. The van der Waals surface area contributed by atoms with Crippen molar-refractivity contribution in [3.63, 3.8) is 0 Å². The number of carboxylic acid groups (broad SMARTS) is 1. The summed E-state index contributed by atoms with van der Waals surface area (Å²) in [6.07, 6.45) is 2.29. The lowest BCUT2D eigenvalue weighted by Crippen LogP contribution is -1.91. The molecule has 0 saturated carbocycles. The lowest BCUT2D eigenvalue weighted by atomic mass is 10.2. The van der Waals surface area contributed by atoms with Gasteiger partial charge in [0.2, 0.25) is 0 Å². The maximum atomic E-state index is 10.3. The van der Waals surface area contributed by atoms with Crippen molar-refractivity contribution in [2.24, 2.45) is 0 Å². The summed E-state index contributed by atoms with van der Waals surface area (Å²) < 4.78 is 0. The molecule has 5 nitrogen and oxygen atoms in total. The molecular weight excluding hydrogens is 196 g/mol. The van der Waals surface area contributed by atoms with Crippen LogP contribution in [0.3, 0.4) is 0 Å². The van der Waals surface area contributed by atoms with Gasteiger partial charge in [-0.25, -0.2) is 9.97 Å². The minimum atomic E-state index is -0.250. The van der Waals surface area contributed by atoms with Gasteiger partial charge in [0.15, 0.2) is 12.1 Å². The average Bonchev–Trinajstić information content (AvgIpc) is 2.29. The van der Waals surface area contributed by atoms with Crippen LogP contribution in [-0.4, -0.2) is 27.8 Å². The first-order valence-electron chi connectivity index (χ1n) is 4.06. The summed E-state index contributed by atoms with van der Waals surface area (Å²) in [4.78, 5) is 26.5. The Hall–Kier alpha value is -2.30. The van der Waals surface area contributed by atoms with Crippen LogP contribution < -0.4 is 0 Å². The lowest BCUT2D eigenvalue weighted by Gasteiger charge is -1.94. The van der Waals surface area contributed by atoms with Gasteiger partial charge in [0.25, 0.3) is 6.47 Å². The molecule has 0 amide bonds. The van der Waals surface area contributed by atoms with E-state index in [1.807, 2.05) is 24.3 Å². The molecule has 0 aliphatic rings. The number of fused-ring (bicyclic) bond motifs is 1. The zero-order chi connectivity index (χ0) is 11.1. The molecule has 0 bridgehead atoms. The molecule has 1 aromatic heterocycles. The van der Waals surface area contributed by atoms with Gasteiger partial charge in [0, 0.05) is 11.6 Å². The number of carbonyl (C=O) groups is 2. The first-order valence-corrected chi connectivity index (χ1v) is 4.06. The number of hydrogen-bond acceptors (Lipinski definition) is 4. The average molecular weight is 204 g/mol. The highest BCUT2D eigenvalue weighted by Gasteiger charge is 1.95. The fourth-order valence-electron chi connectivity index (χ4n) is 1.04. The van der Waals surface area contributed by atoms with Crippen LogP contribution in [0.4, 0.5) is 0 Å². The largest absolute Gasteiger partial charge is 0.483 e. The van der Waals surface area contributed by atoms with E-state index in [1.54, 1.807) is 6.20 Å². The van der Waals surface area contributed by atoms with Gasteiger partial charge in [-0.1, -0.05) is 18.2 Å². The van der Waals surface area contributed by atoms with Crippen LogP contribution in [0.5, 0.6) is 0 Å². The van der Waals surface area contributed by atoms with Crippen molar-refractivity contribution in [1.82, 2.24) is 9.97 Å². The number of carbonyl (C=O) groups excluding carboxylic acids is 1. The third kappa shape index (κ3) is 2.84. The highest BCUT2D eigenvalue weighted by molar-refractivity contribution is 5.80. The maximum Gasteiger partial charge on any atom is 0.290 e. The Labute approximate surface area is 85.4 Å². The Morgan fingerprint density at radius 2 is 1.87 bits per heavy atom. The fraction of sp³-hybridized carbons (Fsp3) is 0. The Balaban J connectivity index is 0.000000337. The lowest BCUT2D eigenvalue weighted by molar-refractivity contribution is -0.122. The highest BCUT2D eigenvalue weighted by Crippen LogP contribution is 2.08. The van der Waals surface area contributed by atoms with Gasteiger partial charge in [0.1, 0.15) is 0 Å². The molecular formula is C10H8N2O3. The molecule has 0 atom stereocenters. The Morgan fingerprint density at radius 3 is 2.53 bits per heavy atom. The van der Waals surface area contributed by atoms with Gasteiger partial charge >= 0.3 is 0 Å². The van der Waals surface area contributed by atoms with Crippen LogP contribution in [0.15, 0.2) is 30.5 Å². The minimum Gasteiger partial charge on any atom is -0.483 e. The fourth-order valence-corrected chi connectivity index (χ4v) is 1.04. The molecule has 2 aromatic rings. The summed E-state index contributed by atoms with van der Waals surface area (Å²) in [5.41, 5.74) is 0.801. The van der Waals surface area contributed by atoms with E-state index in [-0.39, 0.29) is 12.3 Å². The van der Waals surface area contributed by atoms with Crippen LogP contribution >= 0.6 is 0 Å². The van der Waals surface area contributed by atoms with Crippen LogP contribution in [0, 0.1) is 0 Å². The van der Waals surface area contributed by atoms with Crippen LogP contribution in [0.2, 0.25) is 0 Å². The molecule has 1 heterocycles. The van der Waals surface area contributed by atoms with E-state index in [0.717, 1.165) is 10.9 Å². The second kappa shape index (κ2) is 5.43. The van der Waals surface area contributed by atoms with Crippen LogP contribution in [-0.2, 0) is 4.79 Å². The molecule has 15 heavy (non-hydrogen) atoms. The Morgan fingerprint density at radius 1 is 1.20 bits per heavy atom. The first kappa shape index (κ1) is 10.8. The van der Waals surface area contributed by atoms with E-state index in [0.29, 0.717) is 6.29 Å². The molecule has 0 saturated heterocycles. The molecule has 2 rings (SSSR count). The number of rotatable bonds is 1. The van der Waals surface area contributed by atoms with Crippen molar-refractivity contribution < 1.29 is 14.7 Å². The summed E-state index contributed by atoms with van der Waals surface area (Å²) in [5.74, 6) is 0.230. The normalized spacial score (nSPS) is 8.80. The molecule has 5 heteroatoms. The van der Waals surface area contributed by atoms with Crippen molar-refractivity contribution in [2.45, 2.75) is 0 Å². The zero-order valence-electron chi connectivity index (χ0n) is 7.70. The molecule has 0 fully saturated rings. The van der Waals surface area contributed by atoms with Gasteiger partial charge < -0.3 is 5.11 Å². The second-order valence-electron chi connectivity index (χ2n) is 2.51. The molecule has 1 N–H and O–H groups in total. The van der Waals surface area contributed by atoms with E-state index >= 15 is 0 Å². The van der Waals surface area contributed by atoms with Crippen molar-refractivity contribution in [3.05, 3.63) is 36.3 Å². The van der Waals surface area contributed by atoms with Gasteiger partial charge in [0.05, 0.1) is 5.52 Å². The summed E-state index contributed by atoms with van der Waals surface area (Å²) in [6, 6.07) is 7.55. The van der Waals surface area contributed by atoms with E-state index in [9.17, 15) is 4.79 Å². The SMILES string of the molecule is O=CO.O=Cc1ncc2ccccc2n1. The number of benzene rings is 1. The molecule has 0 spiro atoms. The Kier molecular flexibility index (Phi) is 3.91. The summed E-state index contributed by atoms with van der Waals surface area (Å²) in [5, 5.41) is 7.84. The molecule has 0 unspecified atom stereocenters. The van der Waals surface area contributed by atoms with Gasteiger partial charge in [-0.2, -0.15) is 0 Å². The maximum absolute atomic E-state index is 10.3. The number of nitrogens with zero attached hydrogens (tertiary/aromatic N) is 2. The van der Waals surface area contributed by atoms with E-state index in [2.05, 4.69) is 9.97 Å². The molecule has 1 aromatic carbocycles. The van der Waals surface area contributed by atoms with Crippen molar-refractivity contribution in [3.8, 4) is 0 Å². The second-order valence-corrected chi connectivity index (χ2v) is 2.51. The van der Waals surface area contributed by atoms with Crippen LogP contribution in [0.1, 0.15) is 10.6 Å². The van der Waals surface area contributed by atoms with Gasteiger partial charge in [-0.05, 0) is 6.07 Å². The summed E-state index contributed by atoms with van der Waals surface area (Å²) in [6.45, 7) is -0.250.